The zero-order valence-corrected chi connectivity index (χ0v) is 22.3. The third-order valence-electron chi connectivity index (χ3n) is 6.53. The number of aliphatic carboxylic acids is 1. The van der Waals surface area contributed by atoms with Crippen LogP contribution in [0.4, 0.5) is 0 Å². The molecule has 0 aliphatic heterocycles. The molecule has 0 fully saturated rings. The molecule has 2 aromatic rings. The first kappa shape index (κ1) is 31.3. The smallest absolute Gasteiger partial charge is 0.326 e. The van der Waals surface area contributed by atoms with E-state index in [4.69, 9.17) is 5.73 Å². The van der Waals surface area contributed by atoms with Gasteiger partial charge in [-0.05, 0) is 36.1 Å². The zero-order valence-electron chi connectivity index (χ0n) is 22.3. The number of aliphatic hydroxyl groups is 1. The molecule has 11 heteroatoms. The normalized spacial score (nSPS) is 15.6. The zero-order chi connectivity index (χ0) is 29.1. The number of phenolic OH excluding ortho intramolecular Hbond substituents is 1. The van der Waals surface area contributed by atoms with Crippen molar-refractivity contribution in [2.45, 2.75) is 70.3 Å². The van der Waals surface area contributed by atoms with Gasteiger partial charge in [-0.2, -0.15) is 0 Å². The largest absolute Gasteiger partial charge is 0.508 e. The van der Waals surface area contributed by atoms with E-state index < -0.39 is 54.0 Å². The fourth-order valence-electron chi connectivity index (χ4n) is 3.83. The SMILES string of the molecule is CCC(C)C(N)C(=O)NC(Cc1ccccc1)C(=O)NC(C(=O)NC(Cc1ccc(O)cc1)C(=O)O)C(C)O. The summed E-state index contributed by atoms with van der Waals surface area (Å²) in [5.74, 6) is -3.63. The van der Waals surface area contributed by atoms with Crippen LogP contribution in [0.25, 0.3) is 0 Å². The van der Waals surface area contributed by atoms with Gasteiger partial charge in [-0.3, -0.25) is 14.4 Å². The van der Waals surface area contributed by atoms with Crippen molar-refractivity contribution >= 4 is 23.7 Å². The summed E-state index contributed by atoms with van der Waals surface area (Å²) >= 11 is 0. The molecule has 6 atom stereocenters. The van der Waals surface area contributed by atoms with Crippen molar-refractivity contribution in [1.82, 2.24) is 16.0 Å². The van der Waals surface area contributed by atoms with Crippen molar-refractivity contribution in [3.63, 3.8) is 0 Å². The highest BCUT2D eigenvalue weighted by molar-refractivity contribution is 5.94. The van der Waals surface area contributed by atoms with E-state index in [2.05, 4.69) is 16.0 Å². The van der Waals surface area contributed by atoms with E-state index in [0.717, 1.165) is 5.56 Å². The van der Waals surface area contributed by atoms with Gasteiger partial charge in [0.2, 0.25) is 17.7 Å². The van der Waals surface area contributed by atoms with Crippen LogP contribution in [0.5, 0.6) is 5.75 Å². The Labute approximate surface area is 227 Å². The number of hydrogen-bond acceptors (Lipinski definition) is 7. The quantitative estimate of drug-likeness (QED) is 0.179. The third-order valence-corrected chi connectivity index (χ3v) is 6.53. The number of nitrogens with one attached hydrogen (secondary N) is 3. The molecule has 0 aliphatic carbocycles. The summed E-state index contributed by atoms with van der Waals surface area (Å²) in [6.07, 6.45) is -0.725. The summed E-state index contributed by atoms with van der Waals surface area (Å²) < 4.78 is 0. The minimum absolute atomic E-state index is 0.00815. The fourth-order valence-corrected chi connectivity index (χ4v) is 3.83. The van der Waals surface area contributed by atoms with E-state index in [0.29, 0.717) is 12.0 Å². The van der Waals surface area contributed by atoms with Gasteiger partial charge in [-0.1, -0.05) is 62.7 Å². The van der Waals surface area contributed by atoms with Crippen LogP contribution in [0.2, 0.25) is 0 Å². The summed E-state index contributed by atoms with van der Waals surface area (Å²) in [7, 11) is 0. The first-order valence-corrected chi connectivity index (χ1v) is 12.8. The molecule has 0 saturated carbocycles. The van der Waals surface area contributed by atoms with Crippen molar-refractivity contribution < 1.29 is 34.5 Å². The van der Waals surface area contributed by atoms with Gasteiger partial charge in [0, 0.05) is 12.8 Å². The van der Waals surface area contributed by atoms with Crippen LogP contribution in [-0.4, -0.2) is 69.3 Å². The number of nitrogens with two attached hydrogens (primary N) is 1. The number of benzene rings is 2. The van der Waals surface area contributed by atoms with Gasteiger partial charge in [-0.25, -0.2) is 4.79 Å². The highest BCUT2D eigenvalue weighted by Crippen LogP contribution is 2.12. The Bertz CT molecular complexity index is 1110. The summed E-state index contributed by atoms with van der Waals surface area (Å²) in [5.41, 5.74) is 7.33. The van der Waals surface area contributed by atoms with Gasteiger partial charge in [0.15, 0.2) is 0 Å². The molecular weight excluding hydrogens is 504 g/mol. The van der Waals surface area contributed by atoms with Crippen LogP contribution in [0, 0.1) is 5.92 Å². The molecule has 212 valence electrons. The Morgan fingerprint density at radius 1 is 0.795 bits per heavy atom. The van der Waals surface area contributed by atoms with Gasteiger partial charge >= 0.3 is 5.97 Å². The van der Waals surface area contributed by atoms with Crippen molar-refractivity contribution in [3.8, 4) is 5.75 Å². The van der Waals surface area contributed by atoms with Gasteiger partial charge in [0.25, 0.3) is 0 Å². The summed E-state index contributed by atoms with van der Waals surface area (Å²) in [6, 6.07) is 9.91. The standard InChI is InChI=1S/C28H38N4O7/c1-4-16(2)23(29)26(36)30-21(14-18-8-6-5-7-9-18)25(35)32-24(17(3)33)27(37)31-22(28(38)39)15-19-10-12-20(34)13-11-19/h5-13,16-17,21-24,33-34H,4,14-15,29H2,1-3H3,(H,30,36)(H,31,37)(H,32,35)(H,38,39). The monoisotopic (exact) mass is 542 g/mol. The second-order valence-electron chi connectivity index (χ2n) is 9.66. The Balaban J connectivity index is 2.20. The Kier molecular flexibility index (Phi) is 11.9. The number of carbonyl (C=O) groups excluding carboxylic acids is 3. The maximum Gasteiger partial charge on any atom is 0.326 e. The molecule has 6 unspecified atom stereocenters. The van der Waals surface area contributed by atoms with Crippen LogP contribution in [0.1, 0.15) is 38.3 Å². The molecule has 0 spiro atoms. The topological polar surface area (TPSA) is 191 Å². The van der Waals surface area contributed by atoms with Crippen LogP contribution in [0.15, 0.2) is 54.6 Å². The van der Waals surface area contributed by atoms with Gasteiger partial charge < -0.3 is 37.0 Å². The highest BCUT2D eigenvalue weighted by Gasteiger charge is 2.33. The highest BCUT2D eigenvalue weighted by atomic mass is 16.4. The van der Waals surface area contributed by atoms with Crippen LogP contribution >= 0.6 is 0 Å². The lowest BCUT2D eigenvalue weighted by Gasteiger charge is -2.27. The van der Waals surface area contributed by atoms with Gasteiger partial charge in [0.1, 0.15) is 23.9 Å². The number of aliphatic hydroxyl groups excluding tert-OH is 1. The lowest BCUT2D eigenvalue weighted by molar-refractivity contribution is -0.143. The summed E-state index contributed by atoms with van der Waals surface area (Å²) in [6.45, 7) is 5.00. The van der Waals surface area contributed by atoms with E-state index in [9.17, 15) is 34.5 Å². The number of carboxylic acids is 1. The maximum atomic E-state index is 13.3. The summed E-state index contributed by atoms with van der Waals surface area (Å²) in [4.78, 5) is 50.9. The van der Waals surface area contributed by atoms with Gasteiger partial charge in [0.05, 0.1) is 12.1 Å². The Morgan fingerprint density at radius 3 is 1.87 bits per heavy atom. The molecule has 11 nitrogen and oxygen atoms in total. The predicted molar refractivity (Wildman–Crippen MR) is 144 cm³/mol. The number of carbonyl (C=O) groups is 4. The molecule has 0 aromatic heterocycles. The van der Waals surface area contributed by atoms with Crippen molar-refractivity contribution in [2.24, 2.45) is 11.7 Å². The Hall–Kier alpha value is -3.96. The fraction of sp³-hybridized carbons (Fsp3) is 0.429. The molecule has 0 saturated heterocycles. The average molecular weight is 543 g/mol. The number of rotatable bonds is 14. The van der Waals surface area contributed by atoms with E-state index >= 15 is 0 Å². The van der Waals surface area contributed by atoms with E-state index in [1.165, 1.54) is 31.2 Å². The molecule has 8 N–H and O–H groups in total. The van der Waals surface area contributed by atoms with Crippen molar-refractivity contribution in [3.05, 3.63) is 65.7 Å². The lowest BCUT2D eigenvalue weighted by Crippen LogP contribution is -2.60. The number of amides is 3. The van der Waals surface area contributed by atoms with Gasteiger partial charge in [-0.15, -0.1) is 0 Å². The van der Waals surface area contributed by atoms with Crippen LogP contribution < -0.4 is 21.7 Å². The Morgan fingerprint density at radius 2 is 1.33 bits per heavy atom. The van der Waals surface area contributed by atoms with Crippen LogP contribution in [0.3, 0.4) is 0 Å². The number of aromatic hydroxyl groups is 1. The number of hydrogen-bond donors (Lipinski definition) is 7. The lowest BCUT2D eigenvalue weighted by atomic mass is 9.98. The molecule has 2 aromatic carbocycles. The average Bonchev–Trinajstić information content (AvgIpc) is 2.91. The minimum atomic E-state index is -1.50. The van der Waals surface area contributed by atoms with E-state index in [-0.39, 0.29) is 24.5 Å². The molecular formula is C28H38N4O7. The second-order valence-corrected chi connectivity index (χ2v) is 9.66. The van der Waals surface area contributed by atoms with E-state index in [1.807, 2.05) is 13.8 Å². The van der Waals surface area contributed by atoms with Crippen LogP contribution in [-0.2, 0) is 32.0 Å². The van der Waals surface area contributed by atoms with Crippen molar-refractivity contribution in [2.75, 3.05) is 0 Å². The molecule has 0 aliphatic rings. The third kappa shape index (κ3) is 9.69. The number of carboxylic acid groups (broad SMARTS) is 1. The van der Waals surface area contributed by atoms with Crippen molar-refractivity contribution in [1.29, 1.82) is 0 Å². The summed E-state index contributed by atoms with van der Waals surface area (Å²) in [5, 5.41) is 36.8. The molecule has 0 radical (unpaired) electrons. The molecule has 39 heavy (non-hydrogen) atoms. The van der Waals surface area contributed by atoms with E-state index in [1.54, 1.807) is 30.3 Å². The molecule has 3 amide bonds. The predicted octanol–water partition coefficient (Wildman–Crippen LogP) is 0.471. The molecule has 0 bridgehead atoms. The first-order valence-electron chi connectivity index (χ1n) is 12.8. The molecule has 2 rings (SSSR count). The second kappa shape index (κ2) is 14.8. The molecule has 0 heterocycles. The number of phenols is 1. The first-order chi connectivity index (χ1) is 18.4. The minimum Gasteiger partial charge on any atom is -0.508 e. The maximum absolute atomic E-state index is 13.3.